The van der Waals surface area contributed by atoms with Crippen LogP contribution in [0.25, 0.3) is 0 Å². The number of piperazine rings is 1. The SMILES string of the molecule is O=C(NCCCN1CCN(CCCNC(=O)Nc2ccc(N=Nc3ccccc3)cc2)CC1)Nc1ccc(N=Nc2ccccc2)cc1. The topological polar surface area (TPSA) is 138 Å². The van der Waals surface area contributed by atoms with Crippen LogP contribution in [0.15, 0.2) is 130 Å². The Morgan fingerprint density at radius 1 is 0.479 bits per heavy atom. The monoisotopic (exact) mass is 646 g/mol. The highest BCUT2D eigenvalue weighted by Crippen LogP contribution is 2.21. The number of hydrogen-bond acceptors (Lipinski definition) is 8. The Labute approximate surface area is 281 Å². The van der Waals surface area contributed by atoms with Crippen LogP contribution in [0.3, 0.4) is 0 Å². The van der Waals surface area contributed by atoms with Crippen LogP contribution in [0.4, 0.5) is 43.7 Å². The summed E-state index contributed by atoms with van der Waals surface area (Å²) in [6.45, 7) is 7.06. The number of amides is 4. The van der Waals surface area contributed by atoms with E-state index < -0.39 is 0 Å². The zero-order chi connectivity index (χ0) is 33.2. The molecule has 12 heteroatoms. The summed E-state index contributed by atoms with van der Waals surface area (Å²) in [7, 11) is 0. The number of hydrogen-bond donors (Lipinski definition) is 4. The predicted octanol–water partition coefficient (Wildman–Crippen LogP) is 7.86. The zero-order valence-corrected chi connectivity index (χ0v) is 27.0. The van der Waals surface area contributed by atoms with E-state index in [-0.39, 0.29) is 12.1 Å². The normalized spacial score (nSPS) is 13.8. The first-order valence-electron chi connectivity index (χ1n) is 16.3. The first kappa shape index (κ1) is 33.9. The van der Waals surface area contributed by atoms with Gasteiger partial charge in [-0.25, -0.2) is 9.59 Å². The molecule has 0 radical (unpaired) electrons. The zero-order valence-electron chi connectivity index (χ0n) is 27.0. The number of benzene rings is 4. The summed E-state index contributed by atoms with van der Waals surface area (Å²) in [5.41, 5.74) is 4.41. The number of azo groups is 2. The summed E-state index contributed by atoms with van der Waals surface area (Å²) in [6.07, 6.45) is 1.76. The molecule has 12 nitrogen and oxygen atoms in total. The van der Waals surface area contributed by atoms with Gasteiger partial charge in [0, 0.05) is 50.6 Å². The molecular formula is C36H42N10O2. The molecule has 4 aromatic rings. The number of carbonyl (C=O) groups is 2. The Morgan fingerprint density at radius 3 is 1.17 bits per heavy atom. The van der Waals surface area contributed by atoms with Crippen molar-refractivity contribution in [1.29, 1.82) is 0 Å². The summed E-state index contributed by atoms with van der Waals surface area (Å²) >= 11 is 0. The maximum atomic E-state index is 12.3. The largest absolute Gasteiger partial charge is 0.338 e. The van der Waals surface area contributed by atoms with E-state index in [4.69, 9.17) is 0 Å². The molecule has 0 atom stereocenters. The summed E-state index contributed by atoms with van der Waals surface area (Å²) in [5.74, 6) is 0. The van der Waals surface area contributed by atoms with Crippen LogP contribution in [-0.2, 0) is 0 Å². The standard InChI is InChI=1S/C36H42N10O2/c47-35(39-29-13-17-33(18-14-29)43-41-31-9-3-1-4-10-31)37-21-7-23-45-25-27-46(28-26-45)24-8-22-38-36(48)40-30-15-19-34(20-16-30)44-42-32-11-5-2-6-12-32/h1-6,9-20H,7-8,21-28H2,(H2,37,39,47)(H2,38,40,48). The summed E-state index contributed by atoms with van der Waals surface area (Å²) in [4.78, 5) is 29.5. The highest BCUT2D eigenvalue weighted by molar-refractivity contribution is 5.89. The van der Waals surface area contributed by atoms with Crippen molar-refractivity contribution in [3.8, 4) is 0 Å². The minimum absolute atomic E-state index is 0.222. The third-order valence-electron chi connectivity index (χ3n) is 7.66. The van der Waals surface area contributed by atoms with Gasteiger partial charge in [-0.1, -0.05) is 36.4 Å². The van der Waals surface area contributed by atoms with Gasteiger partial charge < -0.3 is 31.1 Å². The predicted molar refractivity (Wildman–Crippen MR) is 190 cm³/mol. The van der Waals surface area contributed by atoms with Gasteiger partial charge in [0.15, 0.2) is 0 Å². The molecule has 48 heavy (non-hydrogen) atoms. The van der Waals surface area contributed by atoms with Gasteiger partial charge in [0.05, 0.1) is 22.7 Å². The van der Waals surface area contributed by atoms with Crippen molar-refractivity contribution in [3.05, 3.63) is 109 Å². The second-order valence-corrected chi connectivity index (χ2v) is 11.3. The Kier molecular flexibility index (Phi) is 13.2. The summed E-state index contributed by atoms with van der Waals surface area (Å²) < 4.78 is 0. The van der Waals surface area contributed by atoms with Gasteiger partial charge >= 0.3 is 12.1 Å². The number of nitrogens with zero attached hydrogens (tertiary/aromatic N) is 6. The lowest BCUT2D eigenvalue weighted by molar-refractivity contribution is 0.130. The van der Waals surface area contributed by atoms with Crippen molar-refractivity contribution >= 4 is 46.2 Å². The van der Waals surface area contributed by atoms with Crippen LogP contribution in [0.5, 0.6) is 0 Å². The molecule has 0 saturated carbocycles. The quantitative estimate of drug-likeness (QED) is 0.0818. The van der Waals surface area contributed by atoms with Crippen molar-refractivity contribution in [1.82, 2.24) is 20.4 Å². The third-order valence-corrected chi connectivity index (χ3v) is 7.66. The minimum Gasteiger partial charge on any atom is -0.338 e. The molecule has 248 valence electrons. The Morgan fingerprint density at radius 2 is 0.812 bits per heavy atom. The number of rotatable bonds is 14. The maximum absolute atomic E-state index is 12.3. The highest BCUT2D eigenvalue weighted by atomic mass is 16.2. The molecule has 4 amide bonds. The fourth-order valence-corrected chi connectivity index (χ4v) is 5.04. The molecule has 1 fully saturated rings. The molecule has 4 N–H and O–H groups in total. The van der Waals surface area contributed by atoms with Gasteiger partial charge in [0.1, 0.15) is 0 Å². The molecule has 0 bridgehead atoms. The molecule has 0 aliphatic carbocycles. The van der Waals surface area contributed by atoms with Crippen LogP contribution in [0.2, 0.25) is 0 Å². The van der Waals surface area contributed by atoms with E-state index in [2.05, 4.69) is 51.5 Å². The summed E-state index contributed by atoms with van der Waals surface area (Å²) in [6, 6.07) is 33.2. The molecule has 0 unspecified atom stereocenters. The van der Waals surface area contributed by atoms with Crippen LogP contribution in [0, 0.1) is 0 Å². The van der Waals surface area contributed by atoms with E-state index in [0.717, 1.165) is 63.5 Å². The number of nitrogens with one attached hydrogen (secondary N) is 4. The molecule has 5 rings (SSSR count). The van der Waals surface area contributed by atoms with Crippen LogP contribution < -0.4 is 21.3 Å². The highest BCUT2D eigenvalue weighted by Gasteiger charge is 2.16. The van der Waals surface area contributed by atoms with Crippen LogP contribution in [-0.4, -0.2) is 74.2 Å². The van der Waals surface area contributed by atoms with Crippen molar-refractivity contribution in [2.24, 2.45) is 20.5 Å². The van der Waals surface area contributed by atoms with E-state index in [0.29, 0.717) is 35.8 Å². The third kappa shape index (κ3) is 12.0. The van der Waals surface area contributed by atoms with Crippen molar-refractivity contribution in [2.75, 3.05) is 63.0 Å². The van der Waals surface area contributed by atoms with Crippen molar-refractivity contribution in [2.45, 2.75) is 12.8 Å². The smallest absolute Gasteiger partial charge is 0.319 e. The fourth-order valence-electron chi connectivity index (χ4n) is 5.04. The average Bonchev–Trinajstić information content (AvgIpc) is 3.13. The van der Waals surface area contributed by atoms with Crippen LogP contribution >= 0.6 is 0 Å². The van der Waals surface area contributed by atoms with E-state index in [9.17, 15) is 9.59 Å². The number of anilines is 2. The minimum atomic E-state index is -0.222. The van der Waals surface area contributed by atoms with Gasteiger partial charge in [-0.3, -0.25) is 0 Å². The second kappa shape index (κ2) is 18.6. The number of carbonyl (C=O) groups excluding carboxylic acids is 2. The molecule has 1 aliphatic rings. The molecule has 0 aromatic heterocycles. The molecule has 4 aromatic carbocycles. The average molecular weight is 647 g/mol. The fraction of sp³-hybridized carbons (Fsp3) is 0.278. The first-order chi connectivity index (χ1) is 23.6. The molecule has 1 aliphatic heterocycles. The molecule has 1 saturated heterocycles. The van der Waals surface area contributed by atoms with Crippen molar-refractivity contribution < 1.29 is 9.59 Å². The van der Waals surface area contributed by atoms with Gasteiger partial charge in [0.2, 0.25) is 0 Å². The van der Waals surface area contributed by atoms with Gasteiger partial charge in [-0.2, -0.15) is 20.5 Å². The Balaban J connectivity index is 0.874. The van der Waals surface area contributed by atoms with Crippen molar-refractivity contribution in [3.63, 3.8) is 0 Å². The van der Waals surface area contributed by atoms with E-state index in [1.807, 2.05) is 109 Å². The maximum Gasteiger partial charge on any atom is 0.319 e. The lowest BCUT2D eigenvalue weighted by atomic mass is 10.2. The first-order valence-corrected chi connectivity index (χ1v) is 16.3. The van der Waals surface area contributed by atoms with E-state index >= 15 is 0 Å². The second-order valence-electron chi connectivity index (χ2n) is 11.3. The van der Waals surface area contributed by atoms with Gasteiger partial charge in [0.25, 0.3) is 0 Å². The molecule has 0 spiro atoms. The van der Waals surface area contributed by atoms with Gasteiger partial charge in [-0.05, 0) is 98.7 Å². The molecule has 1 heterocycles. The van der Waals surface area contributed by atoms with E-state index in [1.165, 1.54) is 0 Å². The van der Waals surface area contributed by atoms with Gasteiger partial charge in [-0.15, -0.1) is 0 Å². The van der Waals surface area contributed by atoms with E-state index in [1.54, 1.807) is 0 Å². The molecular weight excluding hydrogens is 604 g/mol. The number of urea groups is 2. The Bertz CT molecular complexity index is 1480. The lowest BCUT2D eigenvalue weighted by Gasteiger charge is -2.34. The Hall–Kier alpha value is -5.46. The summed E-state index contributed by atoms with van der Waals surface area (Å²) in [5, 5.41) is 28.5. The van der Waals surface area contributed by atoms with Crippen LogP contribution in [0.1, 0.15) is 12.8 Å². The lowest BCUT2D eigenvalue weighted by Crippen LogP contribution is -2.47.